The van der Waals surface area contributed by atoms with Gasteiger partial charge in [0, 0.05) is 17.3 Å². The van der Waals surface area contributed by atoms with E-state index in [-0.39, 0.29) is 24.0 Å². The molecule has 0 saturated carbocycles. The number of aliphatic hydroxyl groups excluding tert-OH is 1. The number of hydrogen-bond acceptors (Lipinski definition) is 4. The smallest absolute Gasteiger partial charge is 0.252 e. The summed E-state index contributed by atoms with van der Waals surface area (Å²) >= 11 is 1.55. The van der Waals surface area contributed by atoms with Crippen molar-refractivity contribution < 1.29 is 9.90 Å². The lowest BCUT2D eigenvalue weighted by Crippen LogP contribution is -2.43. The number of β-amino-alcohol motifs (C(OH)–C–C–N with tert-alkyl or cyclic N) is 1. The van der Waals surface area contributed by atoms with Gasteiger partial charge in [0.15, 0.2) is 0 Å². The van der Waals surface area contributed by atoms with Crippen LogP contribution in [0.2, 0.25) is 0 Å². The van der Waals surface area contributed by atoms with Gasteiger partial charge in [-0.15, -0.1) is 0 Å². The van der Waals surface area contributed by atoms with Crippen LogP contribution in [-0.4, -0.2) is 42.2 Å². The number of thiophene rings is 1. The second-order valence-electron chi connectivity index (χ2n) is 7.18. The van der Waals surface area contributed by atoms with E-state index >= 15 is 0 Å². The van der Waals surface area contributed by atoms with Crippen molar-refractivity contribution in [2.45, 2.75) is 30.7 Å². The number of aliphatic hydroxyl groups is 1. The van der Waals surface area contributed by atoms with Gasteiger partial charge in [0.1, 0.15) is 0 Å². The summed E-state index contributed by atoms with van der Waals surface area (Å²) in [6.45, 7) is 3.01. The molecule has 2 aliphatic rings. The van der Waals surface area contributed by atoms with E-state index < -0.39 is 0 Å². The van der Waals surface area contributed by atoms with Crippen molar-refractivity contribution >= 4 is 17.2 Å². The SMILES string of the molecule is O=C(NC1CC2(CCN(CCO)CC2)c2ccccc21)c1ccsc1. The Hall–Kier alpha value is -1.69. The van der Waals surface area contributed by atoms with Crippen molar-refractivity contribution in [2.24, 2.45) is 0 Å². The lowest BCUT2D eigenvalue weighted by molar-refractivity contribution is 0.0921. The molecule has 1 aromatic carbocycles. The molecule has 1 aliphatic carbocycles. The Morgan fingerprint density at radius 1 is 1.28 bits per heavy atom. The second-order valence-corrected chi connectivity index (χ2v) is 7.96. The molecule has 132 valence electrons. The van der Waals surface area contributed by atoms with Crippen LogP contribution in [0.5, 0.6) is 0 Å². The topological polar surface area (TPSA) is 52.6 Å². The highest BCUT2D eigenvalue weighted by atomic mass is 32.1. The molecule has 2 heterocycles. The molecule has 1 aliphatic heterocycles. The summed E-state index contributed by atoms with van der Waals surface area (Å²) < 4.78 is 0. The number of benzene rings is 1. The van der Waals surface area contributed by atoms with Gasteiger partial charge in [-0.05, 0) is 54.9 Å². The Morgan fingerprint density at radius 2 is 2.08 bits per heavy atom. The molecular weight excluding hydrogens is 332 g/mol. The van der Waals surface area contributed by atoms with Gasteiger partial charge in [-0.25, -0.2) is 0 Å². The van der Waals surface area contributed by atoms with Gasteiger partial charge in [0.05, 0.1) is 18.2 Å². The molecule has 1 amide bonds. The molecule has 1 aromatic heterocycles. The fraction of sp³-hybridized carbons (Fsp3) is 0.450. The number of fused-ring (bicyclic) bond motifs is 2. The number of nitrogens with one attached hydrogen (secondary N) is 1. The maximum absolute atomic E-state index is 12.5. The molecular formula is C20H24N2O2S. The number of piperidine rings is 1. The van der Waals surface area contributed by atoms with Gasteiger partial charge in [-0.3, -0.25) is 4.79 Å². The van der Waals surface area contributed by atoms with Crippen molar-refractivity contribution in [2.75, 3.05) is 26.2 Å². The Bertz CT molecular complexity index is 736. The van der Waals surface area contributed by atoms with Crippen LogP contribution in [-0.2, 0) is 5.41 Å². The van der Waals surface area contributed by atoms with Crippen LogP contribution < -0.4 is 5.32 Å². The van der Waals surface area contributed by atoms with Gasteiger partial charge in [-0.2, -0.15) is 11.3 Å². The van der Waals surface area contributed by atoms with Crippen LogP contribution in [0.1, 0.15) is 46.8 Å². The molecule has 4 nitrogen and oxygen atoms in total. The maximum Gasteiger partial charge on any atom is 0.252 e. The summed E-state index contributed by atoms with van der Waals surface area (Å²) in [5, 5.41) is 16.3. The van der Waals surface area contributed by atoms with Crippen LogP contribution in [0.15, 0.2) is 41.1 Å². The van der Waals surface area contributed by atoms with Crippen molar-refractivity contribution in [3.05, 3.63) is 57.8 Å². The predicted molar refractivity (Wildman–Crippen MR) is 100 cm³/mol. The van der Waals surface area contributed by atoms with Crippen molar-refractivity contribution in [3.63, 3.8) is 0 Å². The van der Waals surface area contributed by atoms with Crippen LogP contribution in [0.3, 0.4) is 0 Å². The minimum absolute atomic E-state index is 0.0239. The molecule has 2 aromatic rings. The summed E-state index contributed by atoms with van der Waals surface area (Å²) in [6, 6.07) is 10.6. The lowest BCUT2D eigenvalue weighted by Gasteiger charge is -2.40. The molecule has 2 N–H and O–H groups in total. The Balaban J connectivity index is 1.55. The monoisotopic (exact) mass is 356 g/mol. The summed E-state index contributed by atoms with van der Waals surface area (Å²) in [6.07, 6.45) is 3.17. The molecule has 1 spiro atoms. The average Bonchev–Trinajstić information content (AvgIpc) is 3.26. The first-order chi connectivity index (χ1) is 12.2. The first kappa shape index (κ1) is 16.8. The molecule has 1 fully saturated rings. The Labute approximate surface area is 152 Å². The second kappa shape index (κ2) is 6.90. The quantitative estimate of drug-likeness (QED) is 0.886. The predicted octanol–water partition coefficient (Wildman–Crippen LogP) is 2.95. The fourth-order valence-electron chi connectivity index (χ4n) is 4.48. The number of carbonyl (C=O) groups is 1. The third kappa shape index (κ3) is 3.12. The van der Waals surface area contributed by atoms with E-state index in [9.17, 15) is 9.90 Å². The molecule has 25 heavy (non-hydrogen) atoms. The number of rotatable bonds is 4. The maximum atomic E-state index is 12.5. The molecule has 1 unspecified atom stereocenters. The highest BCUT2D eigenvalue weighted by molar-refractivity contribution is 7.08. The zero-order valence-corrected chi connectivity index (χ0v) is 15.1. The standard InChI is InChI=1S/C20H24N2O2S/c23-11-10-22-8-6-20(7-9-22)13-18(16-3-1-2-4-17(16)20)21-19(24)15-5-12-25-14-15/h1-5,12,14,18,23H,6-11,13H2,(H,21,24). The summed E-state index contributed by atoms with van der Waals surface area (Å²) in [7, 11) is 0. The Morgan fingerprint density at radius 3 is 2.80 bits per heavy atom. The number of amides is 1. The third-order valence-electron chi connectivity index (χ3n) is 5.82. The van der Waals surface area contributed by atoms with Crippen LogP contribution in [0.25, 0.3) is 0 Å². The first-order valence-electron chi connectivity index (χ1n) is 8.97. The lowest BCUT2D eigenvalue weighted by atomic mass is 9.73. The Kier molecular flexibility index (Phi) is 4.63. The summed E-state index contributed by atoms with van der Waals surface area (Å²) in [4.78, 5) is 14.9. The zero-order chi connectivity index (χ0) is 17.3. The van der Waals surface area contributed by atoms with Gasteiger partial charge in [0.25, 0.3) is 5.91 Å². The minimum atomic E-state index is 0.0239. The van der Waals surface area contributed by atoms with E-state index in [1.54, 1.807) is 11.3 Å². The fourth-order valence-corrected chi connectivity index (χ4v) is 5.11. The first-order valence-corrected chi connectivity index (χ1v) is 9.92. The van der Waals surface area contributed by atoms with E-state index in [1.165, 1.54) is 11.1 Å². The molecule has 1 saturated heterocycles. The number of carbonyl (C=O) groups excluding carboxylic acids is 1. The van der Waals surface area contributed by atoms with Crippen LogP contribution >= 0.6 is 11.3 Å². The molecule has 4 rings (SSSR count). The molecule has 5 heteroatoms. The molecule has 1 atom stereocenters. The van der Waals surface area contributed by atoms with Crippen molar-refractivity contribution in [1.82, 2.24) is 10.2 Å². The summed E-state index contributed by atoms with van der Waals surface area (Å²) in [5.41, 5.74) is 3.60. The van der Waals surface area contributed by atoms with E-state index in [4.69, 9.17) is 0 Å². The van der Waals surface area contributed by atoms with E-state index in [0.717, 1.165) is 44.5 Å². The van der Waals surface area contributed by atoms with Crippen LogP contribution in [0.4, 0.5) is 0 Å². The van der Waals surface area contributed by atoms with Gasteiger partial charge < -0.3 is 15.3 Å². The van der Waals surface area contributed by atoms with Crippen LogP contribution in [0, 0.1) is 0 Å². The number of likely N-dealkylation sites (tertiary alicyclic amines) is 1. The number of hydrogen-bond donors (Lipinski definition) is 2. The third-order valence-corrected chi connectivity index (χ3v) is 6.50. The normalized spacial score (nSPS) is 22.0. The largest absolute Gasteiger partial charge is 0.395 e. The van der Waals surface area contributed by atoms with Gasteiger partial charge >= 0.3 is 0 Å². The van der Waals surface area contributed by atoms with Crippen molar-refractivity contribution in [3.8, 4) is 0 Å². The van der Waals surface area contributed by atoms with Gasteiger partial charge in [0.2, 0.25) is 0 Å². The highest BCUT2D eigenvalue weighted by Crippen LogP contribution is 2.50. The molecule has 0 radical (unpaired) electrons. The van der Waals surface area contributed by atoms with Crippen molar-refractivity contribution in [1.29, 1.82) is 0 Å². The zero-order valence-electron chi connectivity index (χ0n) is 14.3. The van der Waals surface area contributed by atoms with E-state index in [1.807, 2.05) is 16.8 Å². The summed E-state index contributed by atoms with van der Waals surface area (Å²) in [5.74, 6) is 0.0239. The molecule has 0 bridgehead atoms. The average molecular weight is 356 g/mol. The van der Waals surface area contributed by atoms with E-state index in [2.05, 4.69) is 34.5 Å². The number of nitrogens with zero attached hydrogens (tertiary/aromatic N) is 1. The van der Waals surface area contributed by atoms with E-state index in [0.29, 0.717) is 0 Å². The highest BCUT2D eigenvalue weighted by Gasteiger charge is 2.45. The van der Waals surface area contributed by atoms with Gasteiger partial charge in [-0.1, -0.05) is 24.3 Å². The minimum Gasteiger partial charge on any atom is -0.395 e.